The summed E-state index contributed by atoms with van der Waals surface area (Å²) in [7, 11) is 0. The van der Waals surface area contributed by atoms with Crippen molar-refractivity contribution < 1.29 is 9.18 Å². The van der Waals surface area contributed by atoms with Gasteiger partial charge in [-0.1, -0.05) is 18.2 Å². The van der Waals surface area contributed by atoms with Gasteiger partial charge in [-0.05, 0) is 53.2 Å². The maximum Gasteiger partial charge on any atom is 0.253 e. The molecule has 144 valence electrons. The molecule has 0 atom stereocenters. The minimum atomic E-state index is -0.338. The van der Waals surface area contributed by atoms with Gasteiger partial charge in [0.2, 0.25) is 0 Å². The van der Waals surface area contributed by atoms with E-state index in [0.717, 1.165) is 31.0 Å². The molecule has 0 spiro atoms. The van der Waals surface area contributed by atoms with E-state index in [2.05, 4.69) is 20.4 Å². The average molecular weight is 380 g/mol. The first kappa shape index (κ1) is 18.2. The van der Waals surface area contributed by atoms with Crippen molar-refractivity contribution in [1.29, 1.82) is 0 Å². The molecule has 8 heteroatoms. The van der Waals surface area contributed by atoms with Crippen molar-refractivity contribution in [2.24, 2.45) is 0 Å². The molecule has 0 radical (unpaired) electrons. The zero-order valence-corrected chi connectivity index (χ0v) is 15.4. The average Bonchev–Trinajstić information content (AvgIpc) is 3.06. The highest BCUT2D eigenvalue weighted by Gasteiger charge is 2.22. The highest BCUT2D eigenvalue weighted by molar-refractivity contribution is 5.94. The van der Waals surface area contributed by atoms with Crippen LogP contribution in [0, 0.1) is 5.82 Å². The summed E-state index contributed by atoms with van der Waals surface area (Å²) in [5, 5.41) is 12.1. The second-order valence-electron chi connectivity index (χ2n) is 6.77. The summed E-state index contributed by atoms with van der Waals surface area (Å²) >= 11 is 0. The maximum absolute atomic E-state index is 13.1. The topological polar surface area (TPSA) is 67.2 Å². The molecule has 1 aliphatic rings. The van der Waals surface area contributed by atoms with Crippen LogP contribution in [-0.2, 0) is 6.54 Å². The van der Waals surface area contributed by atoms with Gasteiger partial charge >= 0.3 is 0 Å². The number of benzene rings is 2. The number of tetrazole rings is 1. The molecule has 28 heavy (non-hydrogen) atoms. The van der Waals surface area contributed by atoms with Crippen LogP contribution in [-0.4, -0.2) is 62.1 Å². The van der Waals surface area contributed by atoms with Crippen LogP contribution in [0.5, 0.6) is 0 Å². The summed E-state index contributed by atoms with van der Waals surface area (Å²) in [6.45, 7) is 3.49. The third-order valence-electron chi connectivity index (χ3n) is 4.87. The predicted molar refractivity (Wildman–Crippen MR) is 101 cm³/mol. The number of rotatable bonds is 4. The Labute approximate surface area is 162 Å². The zero-order valence-electron chi connectivity index (χ0n) is 15.4. The van der Waals surface area contributed by atoms with Crippen LogP contribution in [0.15, 0.2) is 54.6 Å². The standard InChI is InChI=1S/C20H21FN6O/c21-17-9-7-16(8-10-17)20(28)26-12-4-11-25(13-14-26)15-19-22-23-24-27(19)18-5-2-1-3-6-18/h1-3,5-10H,4,11-15H2. The Kier molecular flexibility index (Phi) is 5.38. The van der Waals surface area contributed by atoms with Crippen LogP contribution >= 0.6 is 0 Å². The van der Waals surface area contributed by atoms with Crippen LogP contribution in [0.1, 0.15) is 22.6 Å². The van der Waals surface area contributed by atoms with Crippen LogP contribution in [0.4, 0.5) is 4.39 Å². The van der Waals surface area contributed by atoms with E-state index >= 15 is 0 Å². The molecule has 3 aromatic rings. The van der Waals surface area contributed by atoms with E-state index in [1.165, 1.54) is 24.3 Å². The van der Waals surface area contributed by atoms with Crippen molar-refractivity contribution in [1.82, 2.24) is 30.0 Å². The van der Waals surface area contributed by atoms with E-state index in [-0.39, 0.29) is 11.7 Å². The molecule has 0 saturated carbocycles. The lowest BCUT2D eigenvalue weighted by Crippen LogP contribution is -2.35. The van der Waals surface area contributed by atoms with E-state index in [9.17, 15) is 9.18 Å². The molecular weight excluding hydrogens is 359 g/mol. The fraction of sp³-hybridized carbons (Fsp3) is 0.300. The Bertz CT molecular complexity index is 927. The van der Waals surface area contributed by atoms with Crippen LogP contribution < -0.4 is 0 Å². The Morgan fingerprint density at radius 3 is 2.54 bits per heavy atom. The van der Waals surface area contributed by atoms with Crippen molar-refractivity contribution >= 4 is 5.91 Å². The first-order valence-electron chi connectivity index (χ1n) is 9.30. The van der Waals surface area contributed by atoms with Crippen molar-refractivity contribution in [3.63, 3.8) is 0 Å². The number of aromatic nitrogens is 4. The number of carbonyl (C=O) groups is 1. The minimum absolute atomic E-state index is 0.0593. The molecule has 4 rings (SSSR count). The minimum Gasteiger partial charge on any atom is -0.337 e. The van der Waals surface area contributed by atoms with Crippen molar-refractivity contribution in [2.75, 3.05) is 26.2 Å². The van der Waals surface area contributed by atoms with Gasteiger partial charge in [0, 0.05) is 31.7 Å². The summed E-state index contributed by atoms with van der Waals surface area (Å²) in [5.74, 6) is 0.371. The molecule has 0 bridgehead atoms. The Morgan fingerprint density at radius 1 is 0.964 bits per heavy atom. The zero-order chi connectivity index (χ0) is 19.3. The molecule has 1 saturated heterocycles. The SMILES string of the molecule is O=C(c1ccc(F)cc1)N1CCCN(Cc2nnnn2-c2ccccc2)CC1. The van der Waals surface area contributed by atoms with Gasteiger partial charge in [0.15, 0.2) is 5.82 Å². The molecule has 2 aromatic carbocycles. The van der Waals surface area contributed by atoms with Crippen molar-refractivity contribution in [2.45, 2.75) is 13.0 Å². The molecule has 0 aliphatic carbocycles. The largest absolute Gasteiger partial charge is 0.337 e. The number of nitrogens with zero attached hydrogens (tertiary/aromatic N) is 6. The third kappa shape index (κ3) is 4.07. The molecule has 1 aliphatic heterocycles. The molecule has 1 amide bonds. The summed E-state index contributed by atoms with van der Waals surface area (Å²) in [6, 6.07) is 15.5. The van der Waals surface area contributed by atoms with Crippen molar-refractivity contribution in [3.8, 4) is 5.69 Å². The smallest absolute Gasteiger partial charge is 0.253 e. The number of para-hydroxylation sites is 1. The number of amides is 1. The quantitative estimate of drug-likeness (QED) is 0.694. The van der Waals surface area contributed by atoms with Crippen LogP contribution in [0.25, 0.3) is 5.69 Å². The predicted octanol–water partition coefficient (Wildman–Crippen LogP) is 2.15. The van der Waals surface area contributed by atoms with Gasteiger partial charge < -0.3 is 4.90 Å². The molecule has 1 aromatic heterocycles. The molecule has 0 unspecified atom stereocenters. The molecule has 1 fully saturated rings. The highest BCUT2D eigenvalue weighted by atomic mass is 19.1. The second-order valence-corrected chi connectivity index (χ2v) is 6.77. The monoisotopic (exact) mass is 380 g/mol. The van der Waals surface area contributed by atoms with Gasteiger partial charge in [0.25, 0.3) is 5.91 Å². The van der Waals surface area contributed by atoms with Gasteiger partial charge in [0.1, 0.15) is 5.82 Å². The van der Waals surface area contributed by atoms with Gasteiger partial charge in [-0.15, -0.1) is 5.10 Å². The normalized spacial score (nSPS) is 15.4. The Balaban J connectivity index is 1.41. The molecule has 2 heterocycles. The Hall–Kier alpha value is -3.13. The van der Waals surface area contributed by atoms with Crippen LogP contribution in [0.3, 0.4) is 0 Å². The molecule has 0 N–H and O–H groups in total. The second kappa shape index (κ2) is 8.26. The molecular formula is C20H21FN6O. The first-order valence-corrected chi connectivity index (χ1v) is 9.30. The Morgan fingerprint density at radius 2 is 1.75 bits per heavy atom. The number of halogens is 1. The third-order valence-corrected chi connectivity index (χ3v) is 4.87. The number of hydrogen-bond donors (Lipinski definition) is 0. The fourth-order valence-electron chi connectivity index (χ4n) is 3.38. The highest BCUT2D eigenvalue weighted by Crippen LogP contribution is 2.13. The fourth-order valence-corrected chi connectivity index (χ4v) is 3.38. The number of carbonyl (C=O) groups excluding carboxylic acids is 1. The first-order chi connectivity index (χ1) is 13.7. The van der Waals surface area contributed by atoms with E-state index < -0.39 is 0 Å². The summed E-state index contributed by atoms with van der Waals surface area (Å²) < 4.78 is 14.8. The van der Waals surface area contributed by atoms with Crippen molar-refractivity contribution in [3.05, 3.63) is 71.8 Å². The summed E-state index contributed by atoms with van der Waals surface area (Å²) in [6.07, 6.45) is 0.861. The maximum atomic E-state index is 13.1. The summed E-state index contributed by atoms with van der Waals surface area (Å²) in [4.78, 5) is 16.8. The lowest BCUT2D eigenvalue weighted by Gasteiger charge is -2.21. The van der Waals surface area contributed by atoms with Crippen LogP contribution in [0.2, 0.25) is 0 Å². The van der Waals surface area contributed by atoms with Gasteiger partial charge in [-0.3, -0.25) is 9.69 Å². The number of hydrogen-bond acceptors (Lipinski definition) is 5. The van der Waals surface area contributed by atoms with Gasteiger partial charge in [-0.2, -0.15) is 4.68 Å². The van der Waals surface area contributed by atoms with E-state index in [1.807, 2.05) is 35.2 Å². The van der Waals surface area contributed by atoms with E-state index in [0.29, 0.717) is 25.2 Å². The molecule has 7 nitrogen and oxygen atoms in total. The van der Waals surface area contributed by atoms with Gasteiger partial charge in [0.05, 0.1) is 12.2 Å². The van der Waals surface area contributed by atoms with E-state index in [1.54, 1.807) is 4.68 Å². The summed E-state index contributed by atoms with van der Waals surface area (Å²) in [5.41, 5.74) is 1.44. The lowest BCUT2D eigenvalue weighted by molar-refractivity contribution is 0.0761. The van der Waals surface area contributed by atoms with Gasteiger partial charge in [-0.25, -0.2) is 4.39 Å². The van der Waals surface area contributed by atoms with E-state index in [4.69, 9.17) is 0 Å². The lowest BCUT2D eigenvalue weighted by atomic mass is 10.2.